The molecule has 1 atom stereocenters. The van der Waals surface area contributed by atoms with Gasteiger partial charge in [-0.05, 0) is 25.7 Å². The molecule has 0 saturated heterocycles. The van der Waals surface area contributed by atoms with E-state index in [0.29, 0.717) is 6.42 Å². The van der Waals surface area contributed by atoms with Crippen molar-refractivity contribution < 1.29 is 15.0 Å². The Bertz CT molecular complexity index is 187. The third-order valence-corrected chi connectivity index (χ3v) is 2.22. The number of aliphatic carboxylic acids is 1. The van der Waals surface area contributed by atoms with Gasteiger partial charge in [-0.3, -0.25) is 4.79 Å². The molecule has 88 valence electrons. The molecule has 3 heteroatoms. The highest BCUT2D eigenvalue weighted by molar-refractivity contribution is 5.67. The van der Waals surface area contributed by atoms with E-state index in [1.165, 1.54) is 0 Å². The molecule has 0 spiro atoms. The second-order valence-electron chi connectivity index (χ2n) is 3.77. The van der Waals surface area contributed by atoms with E-state index in [2.05, 4.69) is 19.1 Å². The van der Waals surface area contributed by atoms with E-state index in [1.807, 2.05) is 0 Å². The van der Waals surface area contributed by atoms with Gasteiger partial charge in [-0.1, -0.05) is 31.9 Å². The molecule has 15 heavy (non-hydrogen) atoms. The summed E-state index contributed by atoms with van der Waals surface area (Å²) in [5.41, 5.74) is 0. The van der Waals surface area contributed by atoms with Crippen LogP contribution >= 0.6 is 0 Å². The lowest BCUT2D eigenvalue weighted by Crippen LogP contribution is -2.12. The van der Waals surface area contributed by atoms with Gasteiger partial charge in [0.1, 0.15) is 0 Å². The van der Waals surface area contributed by atoms with Crippen LogP contribution in [0.25, 0.3) is 0 Å². The smallest absolute Gasteiger partial charge is 0.305 e. The SMILES string of the molecule is CC/C=C\CCCCCC(O)CC(=O)O. The number of aliphatic hydroxyl groups excluding tert-OH is 1. The van der Waals surface area contributed by atoms with E-state index in [1.54, 1.807) is 0 Å². The van der Waals surface area contributed by atoms with Crippen LogP contribution in [0.4, 0.5) is 0 Å². The summed E-state index contributed by atoms with van der Waals surface area (Å²) in [6, 6.07) is 0. The Labute approximate surface area is 91.8 Å². The lowest BCUT2D eigenvalue weighted by molar-refractivity contribution is -0.139. The molecule has 0 radical (unpaired) electrons. The summed E-state index contributed by atoms with van der Waals surface area (Å²) in [6.07, 6.45) is 9.39. The van der Waals surface area contributed by atoms with Gasteiger partial charge in [0.05, 0.1) is 12.5 Å². The largest absolute Gasteiger partial charge is 0.481 e. The fraction of sp³-hybridized carbons (Fsp3) is 0.750. The van der Waals surface area contributed by atoms with Gasteiger partial charge in [-0.25, -0.2) is 0 Å². The van der Waals surface area contributed by atoms with Crippen molar-refractivity contribution in [1.29, 1.82) is 0 Å². The molecular weight excluding hydrogens is 192 g/mol. The van der Waals surface area contributed by atoms with E-state index in [0.717, 1.165) is 32.1 Å². The highest BCUT2D eigenvalue weighted by atomic mass is 16.4. The van der Waals surface area contributed by atoms with E-state index >= 15 is 0 Å². The lowest BCUT2D eigenvalue weighted by atomic mass is 10.1. The van der Waals surface area contributed by atoms with Crippen molar-refractivity contribution in [1.82, 2.24) is 0 Å². The van der Waals surface area contributed by atoms with Gasteiger partial charge in [0.2, 0.25) is 0 Å². The first-order valence-electron chi connectivity index (χ1n) is 5.71. The summed E-state index contributed by atoms with van der Waals surface area (Å²) in [6.45, 7) is 2.11. The third-order valence-electron chi connectivity index (χ3n) is 2.22. The van der Waals surface area contributed by atoms with E-state index in [9.17, 15) is 9.90 Å². The van der Waals surface area contributed by atoms with Crippen LogP contribution in [0, 0.1) is 0 Å². The molecule has 0 amide bonds. The number of carboxylic acids is 1. The Kier molecular flexibility index (Phi) is 9.18. The van der Waals surface area contributed by atoms with Crippen LogP contribution < -0.4 is 0 Å². The summed E-state index contributed by atoms with van der Waals surface area (Å²) in [4.78, 5) is 10.2. The Morgan fingerprint density at radius 2 is 2.00 bits per heavy atom. The molecule has 0 aromatic carbocycles. The maximum atomic E-state index is 10.2. The number of hydrogen-bond acceptors (Lipinski definition) is 2. The van der Waals surface area contributed by atoms with Crippen LogP contribution in [0.2, 0.25) is 0 Å². The molecule has 0 saturated carbocycles. The first-order chi connectivity index (χ1) is 7.16. The minimum atomic E-state index is -0.923. The zero-order valence-corrected chi connectivity index (χ0v) is 9.48. The van der Waals surface area contributed by atoms with Gasteiger partial charge in [-0.15, -0.1) is 0 Å². The number of aliphatic hydroxyl groups is 1. The molecule has 0 aliphatic heterocycles. The standard InChI is InChI=1S/C12H22O3/c1-2-3-4-5-6-7-8-9-11(13)10-12(14)15/h3-4,11,13H,2,5-10H2,1H3,(H,14,15)/b4-3-. The minimum Gasteiger partial charge on any atom is -0.481 e. The minimum absolute atomic E-state index is 0.129. The fourth-order valence-electron chi connectivity index (χ4n) is 1.41. The second-order valence-corrected chi connectivity index (χ2v) is 3.77. The zero-order chi connectivity index (χ0) is 11.5. The number of hydrogen-bond donors (Lipinski definition) is 2. The Morgan fingerprint density at radius 1 is 1.27 bits per heavy atom. The molecule has 0 bridgehead atoms. The fourth-order valence-corrected chi connectivity index (χ4v) is 1.41. The molecule has 2 N–H and O–H groups in total. The molecular formula is C12H22O3. The van der Waals surface area contributed by atoms with Gasteiger partial charge in [0, 0.05) is 0 Å². The molecule has 0 aliphatic carbocycles. The highest BCUT2D eigenvalue weighted by Crippen LogP contribution is 2.08. The van der Waals surface area contributed by atoms with Crippen LogP contribution in [-0.4, -0.2) is 22.3 Å². The van der Waals surface area contributed by atoms with Crippen molar-refractivity contribution >= 4 is 5.97 Å². The van der Waals surface area contributed by atoms with Crippen LogP contribution in [0.15, 0.2) is 12.2 Å². The topological polar surface area (TPSA) is 57.5 Å². The number of rotatable bonds is 9. The molecule has 0 aliphatic rings. The third kappa shape index (κ3) is 11.1. The molecule has 1 unspecified atom stereocenters. The second kappa shape index (κ2) is 9.71. The molecule has 3 nitrogen and oxygen atoms in total. The van der Waals surface area contributed by atoms with Crippen LogP contribution in [-0.2, 0) is 4.79 Å². The molecule has 0 heterocycles. The number of allylic oxidation sites excluding steroid dienone is 2. The normalized spacial score (nSPS) is 13.2. The predicted octanol–water partition coefficient (Wildman–Crippen LogP) is 2.74. The van der Waals surface area contributed by atoms with Crippen molar-refractivity contribution in [3.63, 3.8) is 0 Å². The van der Waals surface area contributed by atoms with Gasteiger partial charge in [-0.2, -0.15) is 0 Å². The highest BCUT2D eigenvalue weighted by Gasteiger charge is 2.08. The molecule has 0 aromatic heterocycles. The summed E-state index contributed by atoms with van der Waals surface area (Å²) in [5.74, 6) is -0.923. The summed E-state index contributed by atoms with van der Waals surface area (Å²) < 4.78 is 0. The van der Waals surface area contributed by atoms with Gasteiger partial charge >= 0.3 is 5.97 Å². The summed E-state index contributed by atoms with van der Waals surface area (Å²) in [5, 5.41) is 17.7. The van der Waals surface area contributed by atoms with Gasteiger partial charge < -0.3 is 10.2 Å². The van der Waals surface area contributed by atoms with Crippen molar-refractivity contribution in [2.75, 3.05) is 0 Å². The van der Waals surface area contributed by atoms with E-state index in [4.69, 9.17) is 5.11 Å². The van der Waals surface area contributed by atoms with Gasteiger partial charge in [0.15, 0.2) is 0 Å². The molecule has 0 rings (SSSR count). The Hall–Kier alpha value is -0.830. The summed E-state index contributed by atoms with van der Waals surface area (Å²) >= 11 is 0. The first-order valence-corrected chi connectivity index (χ1v) is 5.71. The number of carboxylic acid groups (broad SMARTS) is 1. The molecule has 0 fully saturated rings. The van der Waals surface area contributed by atoms with Crippen molar-refractivity contribution in [2.24, 2.45) is 0 Å². The van der Waals surface area contributed by atoms with Crippen LogP contribution in [0.1, 0.15) is 51.9 Å². The predicted molar refractivity (Wildman–Crippen MR) is 60.8 cm³/mol. The van der Waals surface area contributed by atoms with E-state index in [-0.39, 0.29) is 6.42 Å². The zero-order valence-electron chi connectivity index (χ0n) is 9.48. The summed E-state index contributed by atoms with van der Waals surface area (Å²) in [7, 11) is 0. The average Bonchev–Trinajstić information content (AvgIpc) is 2.15. The first kappa shape index (κ1) is 14.2. The average molecular weight is 214 g/mol. The number of unbranched alkanes of at least 4 members (excludes halogenated alkanes) is 3. The van der Waals surface area contributed by atoms with E-state index < -0.39 is 12.1 Å². The Morgan fingerprint density at radius 3 is 2.60 bits per heavy atom. The maximum absolute atomic E-state index is 10.2. The van der Waals surface area contributed by atoms with Crippen molar-refractivity contribution in [2.45, 2.75) is 58.0 Å². The Balaban J connectivity index is 3.23. The maximum Gasteiger partial charge on any atom is 0.305 e. The molecule has 0 aromatic rings. The lowest BCUT2D eigenvalue weighted by Gasteiger charge is -2.06. The quantitative estimate of drug-likeness (QED) is 0.458. The van der Waals surface area contributed by atoms with Crippen molar-refractivity contribution in [3.8, 4) is 0 Å². The number of carbonyl (C=O) groups is 1. The monoisotopic (exact) mass is 214 g/mol. The van der Waals surface area contributed by atoms with Crippen LogP contribution in [0.5, 0.6) is 0 Å². The van der Waals surface area contributed by atoms with Crippen LogP contribution in [0.3, 0.4) is 0 Å². The van der Waals surface area contributed by atoms with Gasteiger partial charge in [0.25, 0.3) is 0 Å². The van der Waals surface area contributed by atoms with Crippen molar-refractivity contribution in [3.05, 3.63) is 12.2 Å².